The van der Waals surface area contributed by atoms with Crippen LogP contribution in [0, 0.1) is 25.7 Å². The normalized spacial score (nSPS) is 23.1. The Balaban J connectivity index is 0.000000493. The molecule has 0 saturated heterocycles. The fraction of sp³-hybridized carbons (Fsp3) is 0.139. The van der Waals surface area contributed by atoms with Crippen molar-refractivity contribution in [1.29, 1.82) is 0 Å². The minimum Gasteiger partial charge on any atom is -0.0988 e. The Labute approximate surface area is 220 Å². The fourth-order valence-corrected chi connectivity index (χ4v) is 3.85. The van der Waals surface area contributed by atoms with Gasteiger partial charge in [-0.15, -0.1) is 0 Å². The van der Waals surface area contributed by atoms with Crippen molar-refractivity contribution in [2.24, 2.45) is 5.41 Å². The monoisotopic (exact) mass is 471 g/mol. The van der Waals surface area contributed by atoms with Gasteiger partial charge in [-0.3, -0.25) is 0 Å². The highest BCUT2D eigenvalue weighted by molar-refractivity contribution is 5.54. The van der Waals surface area contributed by atoms with E-state index in [2.05, 4.69) is 132 Å². The van der Waals surface area contributed by atoms with Crippen LogP contribution in [0.2, 0.25) is 0 Å². The van der Waals surface area contributed by atoms with Gasteiger partial charge >= 0.3 is 0 Å². The molecule has 0 heterocycles. The number of hydrogen-bond acceptors (Lipinski definition) is 0. The minimum absolute atomic E-state index is 0.170. The number of rotatable bonds is 6. The van der Waals surface area contributed by atoms with Crippen LogP contribution in [0.4, 0.5) is 0 Å². The second-order valence-corrected chi connectivity index (χ2v) is 8.91. The molecule has 0 aromatic heterocycles. The third kappa shape index (κ3) is 9.19. The van der Waals surface area contributed by atoms with Crippen molar-refractivity contribution >= 4 is 0 Å². The maximum atomic E-state index is 3.78. The van der Waals surface area contributed by atoms with E-state index >= 15 is 0 Å². The molecule has 1 unspecified atom stereocenters. The van der Waals surface area contributed by atoms with E-state index < -0.39 is 0 Å². The standard InChI is InChI=1S/C28H28.C8H11/c1-4-11-23(2)13-10-20-28(27-16-9-12-24(3)17-18-27)21-19-25-14-7-5-6-8-15-26(25)22-28;1-4-6-7-8(3)5-2/h4-21H,1,22H2,2-3H3;4-7H,1-2H2,3H3/b6-5-,7-5?,8-6?,11-4?,14-7?,15-8?,20-10+,23-13-,25-14?,26-15?;6-4-,8-7?. The lowest BCUT2D eigenvalue weighted by Gasteiger charge is -2.34. The Bertz CT molecular complexity index is 1170. The summed E-state index contributed by atoms with van der Waals surface area (Å²) in [6, 6.07) is 0. The molecule has 0 bridgehead atoms. The van der Waals surface area contributed by atoms with E-state index in [-0.39, 0.29) is 5.41 Å². The summed E-state index contributed by atoms with van der Waals surface area (Å²) in [6.07, 6.45) is 47.2. The van der Waals surface area contributed by atoms with Crippen molar-refractivity contribution < 1.29 is 0 Å². The summed E-state index contributed by atoms with van der Waals surface area (Å²) >= 11 is 0. The lowest BCUT2D eigenvalue weighted by Crippen LogP contribution is -2.22. The van der Waals surface area contributed by atoms with Crippen LogP contribution >= 0.6 is 0 Å². The molecule has 0 amide bonds. The summed E-state index contributed by atoms with van der Waals surface area (Å²) < 4.78 is 0. The van der Waals surface area contributed by atoms with Crippen LogP contribution in [0.3, 0.4) is 0 Å². The molecule has 0 nitrogen and oxygen atoms in total. The van der Waals surface area contributed by atoms with Crippen LogP contribution in [0.25, 0.3) is 0 Å². The van der Waals surface area contributed by atoms with E-state index in [1.165, 1.54) is 27.9 Å². The van der Waals surface area contributed by atoms with E-state index in [9.17, 15) is 0 Å². The molecule has 0 aromatic carbocycles. The highest BCUT2D eigenvalue weighted by Gasteiger charge is 2.32. The Hall–Kier alpha value is -3.64. The molecule has 0 aromatic rings. The first-order valence-corrected chi connectivity index (χ1v) is 12.4. The highest BCUT2D eigenvalue weighted by Crippen LogP contribution is 2.44. The lowest BCUT2D eigenvalue weighted by molar-refractivity contribution is 0.583. The molecule has 3 aliphatic carbocycles. The maximum absolute atomic E-state index is 3.78. The molecule has 3 radical (unpaired) electrons. The second kappa shape index (κ2) is 15.4. The van der Waals surface area contributed by atoms with Crippen LogP contribution < -0.4 is 0 Å². The smallest absolute Gasteiger partial charge is 0.0327 e. The molecule has 3 rings (SSSR count). The third-order valence-corrected chi connectivity index (χ3v) is 5.97. The van der Waals surface area contributed by atoms with Crippen LogP contribution in [-0.2, 0) is 0 Å². The first-order valence-electron chi connectivity index (χ1n) is 12.4. The summed E-state index contributed by atoms with van der Waals surface area (Å²) in [6.45, 7) is 17.1. The first-order chi connectivity index (χ1) is 17.4. The van der Waals surface area contributed by atoms with E-state index in [4.69, 9.17) is 0 Å². The highest BCUT2D eigenvalue weighted by atomic mass is 14.3. The molecule has 0 spiro atoms. The van der Waals surface area contributed by atoms with Gasteiger partial charge < -0.3 is 0 Å². The molecular weight excluding hydrogens is 432 g/mol. The summed E-state index contributed by atoms with van der Waals surface area (Å²) in [7, 11) is 0. The van der Waals surface area contributed by atoms with Crippen LogP contribution in [0.5, 0.6) is 0 Å². The Morgan fingerprint density at radius 3 is 2.31 bits per heavy atom. The molecule has 3 aliphatic rings. The quantitative estimate of drug-likeness (QED) is 0.338. The van der Waals surface area contributed by atoms with E-state index in [0.717, 1.165) is 12.0 Å². The summed E-state index contributed by atoms with van der Waals surface area (Å²) in [5.41, 5.74) is 7.38. The number of hydrogen-bond donors (Lipinski definition) is 0. The maximum Gasteiger partial charge on any atom is 0.0327 e. The fourth-order valence-electron chi connectivity index (χ4n) is 3.85. The van der Waals surface area contributed by atoms with Gasteiger partial charge in [0.15, 0.2) is 0 Å². The number of allylic oxidation sites excluding steroid dienone is 27. The SMILES string of the molecule is [CH2]/C=C\C=C(C)C=C.[CH2]C=C/C(C)=C\C=C\C1(C2=CC=C(C)C=C[CH]2)C=CC2=C(C=C/C=C\C=C2)C1. The first kappa shape index (κ1) is 28.6. The largest absolute Gasteiger partial charge is 0.0988 e. The van der Waals surface area contributed by atoms with Crippen molar-refractivity contribution in [2.45, 2.75) is 27.2 Å². The average Bonchev–Trinajstić information content (AvgIpc) is 3.09. The molecule has 1 atom stereocenters. The molecule has 183 valence electrons. The second-order valence-electron chi connectivity index (χ2n) is 8.91. The Kier molecular flexibility index (Phi) is 12.2. The van der Waals surface area contributed by atoms with Crippen LogP contribution in [0.1, 0.15) is 27.2 Å². The summed E-state index contributed by atoms with van der Waals surface area (Å²) in [5, 5.41) is 0. The molecular formula is C36H39. The van der Waals surface area contributed by atoms with Gasteiger partial charge in [-0.2, -0.15) is 0 Å². The zero-order valence-corrected chi connectivity index (χ0v) is 22.0. The van der Waals surface area contributed by atoms with Gasteiger partial charge in [0, 0.05) is 11.8 Å². The molecule has 36 heavy (non-hydrogen) atoms. The molecule has 0 saturated carbocycles. The predicted molar refractivity (Wildman–Crippen MR) is 162 cm³/mol. The van der Waals surface area contributed by atoms with Crippen LogP contribution in [-0.4, -0.2) is 0 Å². The van der Waals surface area contributed by atoms with Gasteiger partial charge in [0.05, 0.1) is 0 Å². The molecule has 0 heteroatoms. The van der Waals surface area contributed by atoms with Gasteiger partial charge in [-0.25, -0.2) is 0 Å². The van der Waals surface area contributed by atoms with Crippen molar-refractivity contribution in [3.63, 3.8) is 0 Å². The topological polar surface area (TPSA) is 0 Å². The van der Waals surface area contributed by atoms with Gasteiger partial charge in [-0.1, -0.05) is 151 Å². The minimum atomic E-state index is -0.170. The van der Waals surface area contributed by atoms with Crippen molar-refractivity contribution in [2.75, 3.05) is 0 Å². The third-order valence-electron chi connectivity index (χ3n) is 5.97. The predicted octanol–water partition coefficient (Wildman–Crippen LogP) is 9.96. The van der Waals surface area contributed by atoms with E-state index in [1.54, 1.807) is 12.2 Å². The van der Waals surface area contributed by atoms with E-state index in [1.807, 2.05) is 31.2 Å². The zero-order valence-electron chi connectivity index (χ0n) is 22.0. The van der Waals surface area contributed by atoms with Crippen molar-refractivity contribution in [1.82, 2.24) is 0 Å². The Morgan fingerprint density at radius 1 is 0.833 bits per heavy atom. The summed E-state index contributed by atoms with van der Waals surface area (Å²) in [4.78, 5) is 0. The average molecular weight is 472 g/mol. The molecule has 0 aliphatic heterocycles. The van der Waals surface area contributed by atoms with Gasteiger partial charge in [-0.05, 0) is 57.8 Å². The Morgan fingerprint density at radius 2 is 1.58 bits per heavy atom. The van der Waals surface area contributed by atoms with E-state index in [0.29, 0.717) is 0 Å². The molecule has 0 fully saturated rings. The van der Waals surface area contributed by atoms with Gasteiger partial charge in [0.1, 0.15) is 0 Å². The summed E-state index contributed by atoms with van der Waals surface area (Å²) in [5.74, 6) is 0. The molecule has 0 N–H and O–H groups in total. The lowest BCUT2D eigenvalue weighted by atomic mass is 9.69. The van der Waals surface area contributed by atoms with Gasteiger partial charge in [0.2, 0.25) is 0 Å². The van der Waals surface area contributed by atoms with Crippen molar-refractivity contribution in [3.8, 4) is 0 Å². The zero-order chi connectivity index (χ0) is 26.2. The van der Waals surface area contributed by atoms with Crippen LogP contribution in [0.15, 0.2) is 168 Å². The van der Waals surface area contributed by atoms with Gasteiger partial charge in [0.25, 0.3) is 0 Å². The van der Waals surface area contributed by atoms with Crippen molar-refractivity contribution in [3.05, 3.63) is 188 Å².